The van der Waals surface area contributed by atoms with Gasteiger partial charge in [-0.3, -0.25) is 19.2 Å². The summed E-state index contributed by atoms with van der Waals surface area (Å²) in [6.45, 7) is 11.4. The highest BCUT2D eigenvalue weighted by molar-refractivity contribution is 5.93. The molecular weight excluding hydrogens is 836 g/mol. The van der Waals surface area contributed by atoms with Crippen LogP contribution in [0, 0.1) is 5.92 Å². The Morgan fingerprint density at radius 2 is 1.61 bits per heavy atom. The molecule has 3 fully saturated rings. The highest BCUT2D eigenvalue weighted by Gasteiger charge is 2.43. The summed E-state index contributed by atoms with van der Waals surface area (Å²) < 4.78 is 51.2. The van der Waals surface area contributed by atoms with Gasteiger partial charge < -0.3 is 45.9 Å². The molecular formula is C45H68F3N9O7. The number of nitrogens with one attached hydrogen (secondary N) is 5. The molecule has 1 saturated heterocycles. The van der Waals surface area contributed by atoms with Gasteiger partial charge in [0.05, 0.1) is 36.4 Å². The Morgan fingerprint density at radius 3 is 2.30 bits per heavy atom. The van der Waals surface area contributed by atoms with Crippen molar-refractivity contribution in [1.29, 1.82) is 0 Å². The van der Waals surface area contributed by atoms with Crippen LogP contribution in [0.5, 0.6) is 0 Å². The Kier molecular flexibility index (Phi) is 18.0. The van der Waals surface area contributed by atoms with Gasteiger partial charge in [-0.25, -0.2) is 14.8 Å². The molecule has 2 saturated carbocycles. The van der Waals surface area contributed by atoms with Crippen molar-refractivity contribution in [3.8, 4) is 0 Å². The maximum atomic E-state index is 14.0. The maximum Gasteiger partial charge on any atom is 0.416 e. The average Bonchev–Trinajstić information content (AvgIpc) is 3.58. The number of alkyl carbamates (subject to hydrolysis) is 1. The van der Waals surface area contributed by atoms with Crippen molar-refractivity contribution in [2.75, 3.05) is 45.2 Å². The Bertz CT molecular complexity index is 1900. The van der Waals surface area contributed by atoms with Crippen molar-refractivity contribution < 1.29 is 46.6 Å². The van der Waals surface area contributed by atoms with Crippen LogP contribution in [-0.4, -0.2) is 131 Å². The SMILES string of the molecule is CC(C)N(C)[C@@H]1CC[C@H](N2CC[C@H](Nc3ncnc4ccc(C(F)(F)F)cc34)C2=O)[C@H](NC(=O)CCCC(=O)N[C@H]2CC[C@@H](CNC(=O)CCOCCNC(=O)OC(C)(C)C)CC2)C1. The Balaban J connectivity index is 1.02. The molecule has 2 heterocycles. The molecule has 1 aliphatic heterocycles. The molecule has 5 rings (SSSR count). The molecule has 4 atom stereocenters. The van der Waals surface area contributed by atoms with E-state index in [9.17, 15) is 37.1 Å². The zero-order valence-electron chi connectivity index (χ0n) is 38.2. The summed E-state index contributed by atoms with van der Waals surface area (Å²) in [5, 5.41) is 15.2. The van der Waals surface area contributed by atoms with E-state index >= 15 is 0 Å². The molecule has 16 nitrogen and oxygen atoms in total. The molecule has 0 unspecified atom stereocenters. The first kappa shape index (κ1) is 50.2. The molecule has 1 aromatic carbocycles. The van der Waals surface area contributed by atoms with Crippen molar-refractivity contribution in [2.24, 2.45) is 5.92 Å². The average molecular weight is 904 g/mol. The van der Waals surface area contributed by atoms with Crippen molar-refractivity contribution in [3.05, 3.63) is 30.1 Å². The fourth-order valence-corrected chi connectivity index (χ4v) is 8.78. The number of carbonyl (C=O) groups excluding carboxylic acids is 5. The van der Waals surface area contributed by atoms with Crippen LogP contribution in [0.4, 0.5) is 23.8 Å². The fourth-order valence-electron chi connectivity index (χ4n) is 8.78. The Hall–Kier alpha value is -4.78. The molecule has 0 spiro atoms. The monoisotopic (exact) mass is 904 g/mol. The van der Waals surface area contributed by atoms with Crippen molar-refractivity contribution >= 4 is 46.4 Å². The molecule has 2 aromatic rings. The molecule has 5 amide bonds. The second-order valence-electron chi connectivity index (χ2n) is 18.7. The first-order valence-electron chi connectivity index (χ1n) is 22.8. The first-order chi connectivity index (χ1) is 30.3. The first-order valence-corrected chi connectivity index (χ1v) is 22.8. The standard InChI is InChI=1S/C45H68F3N9O7/c1-28(2)56(6)32-15-17-37(57-21-18-35(42(57)61)55-41-33-24-30(45(46,47)48)12-16-34(33)51-27-52-41)36(25-32)54-40(60)9-7-8-39(59)53-31-13-10-29(11-14-31)26-50-38(58)19-22-63-23-20-49-43(62)64-44(3,4)5/h12,16,24,27-29,31-32,35-37H,7-11,13-15,17-23,25-26H2,1-6H3,(H,49,62)(H,50,58)(H,53,59)(H,54,60)(H,51,52,55)/t29-,31+,32-,35+,36-,37+/m1/s1. The zero-order valence-corrected chi connectivity index (χ0v) is 38.2. The van der Waals surface area contributed by atoms with Gasteiger partial charge in [0, 0.05) is 62.4 Å². The van der Waals surface area contributed by atoms with E-state index in [0.717, 1.165) is 44.2 Å². The van der Waals surface area contributed by atoms with Crippen LogP contribution in [0.25, 0.3) is 10.9 Å². The third kappa shape index (κ3) is 15.2. The van der Waals surface area contributed by atoms with Crippen LogP contribution in [0.3, 0.4) is 0 Å². The van der Waals surface area contributed by atoms with Crippen molar-refractivity contribution in [3.63, 3.8) is 0 Å². The van der Waals surface area contributed by atoms with E-state index in [1.165, 1.54) is 12.4 Å². The molecule has 0 bridgehead atoms. The van der Waals surface area contributed by atoms with Gasteiger partial charge in [0.25, 0.3) is 0 Å². The highest BCUT2D eigenvalue weighted by atomic mass is 19.4. The van der Waals surface area contributed by atoms with Crippen LogP contribution >= 0.6 is 0 Å². The molecule has 19 heteroatoms. The molecule has 5 N–H and O–H groups in total. The van der Waals surface area contributed by atoms with E-state index in [1.54, 1.807) is 25.7 Å². The second-order valence-corrected chi connectivity index (χ2v) is 18.7. The van der Waals surface area contributed by atoms with E-state index in [0.29, 0.717) is 50.2 Å². The highest BCUT2D eigenvalue weighted by Crippen LogP contribution is 2.35. The minimum absolute atomic E-state index is 0.0376. The summed E-state index contributed by atoms with van der Waals surface area (Å²) in [7, 11) is 2.06. The minimum atomic E-state index is -4.55. The minimum Gasteiger partial charge on any atom is -0.444 e. The van der Waals surface area contributed by atoms with Crippen LogP contribution in [0.15, 0.2) is 24.5 Å². The normalized spacial score (nSPS) is 23.0. The van der Waals surface area contributed by atoms with E-state index < -0.39 is 29.5 Å². The number of nitrogens with zero attached hydrogens (tertiary/aromatic N) is 4. The topological polar surface area (TPSA) is 196 Å². The summed E-state index contributed by atoms with van der Waals surface area (Å²) in [5.74, 6) is -0.114. The van der Waals surface area contributed by atoms with E-state index in [2.05, 4.69) is 62.3 Å². The predicted molar refractivity (Wildman–Crippen MR) is 235 cm³/mol. The van der Waals surface area contributed by atoms with E-state index in [4.69, 9.17) is 9.47 Å². The summed E-state index contributed by atoms with van der Waals surface area (Å²) in [4.78, 5) is 76.7. The summed E-state index contributed by atoms with van der Waals surface area (Å²) in [5.41, 5.74) is -1.08. The lowest BCUT2D eigenvalue weighted by molar-refractivity contribution is -0.137. The lowest BCUT2D eigenvalue weighted by Gasteiger charge is -2.44. The van der Waals surface area contributed by atoms with Crippen LogP contribution in [0.1, 0.15) is 117 Å². The number of alkyl halides is 3. The molecule has 1 aromatic heterocycles. The molecule has 3 aliphatic rings. The van der Waals surface area contributed by atoms with Gasteiger partial charge in [-0.1, -0.05) is 0 Å². The van der Waals surface area contributed by atoms with Gasteiger partial charge in [-0.05, 0) is 124 Å². The van der Waals surface area contributed by atoms with E-state index in [-0.39, 0.29) is 104 Å². The lowest BCUT2D eigenvalue weighted by Crippen LogP contribution is -2.58. The molecule has 2 aliphatic carbocycles. The third-order valence-electron chi connectivity index (χ3n) is 12.4. The quantitative estimate of drug-likeness (QED) is 0.115. The number of anilines is 1. The number of benzene rings is 1. The van der Waals surface area contributed by atoms with Crippen LogP contribution < -0.4 is 26.6 Å². The third-order valence-corrected chi connectivity index (χ3v) is 12.4. The van der Waals surface area contributed by atoms with Crippen molar-refractivity contribution in [1.82, 2.24) is 41.0 Å². The largest absolute Gasteiger partial charge is 0.444 e. The number of hydrogen-bond donors (Lipinski definition) is 5. The lowest BCUT2D eigenvalue weighted by atomic mass is 9.84. The molecule has 356 valence electrons. The number of amides is 5. The summed E-state index contributed by atoms with van der Waals surface area (Å²) in [6, 6.07) is 2.45. The molecule has 0 radical (unpaired) electrons. The number of likely N-dealkylation sites (tertiary alicyclic amines) is 1. The van der Waals surface area contributed by atoms with Gasteiger partial charge in [0.15, 0.2) is 0 Å². The summed E-state index contributed by atoms with van der Waals surface area (Å²) in [6.07, 6.45) is 3.03. The van der Waals surface area contributed by atoms with Crippen LogP contribution in [-0.2, 0) is 34.8 Å². The number of hydrogen-bond acceptors (Lipinski definition) is 11. The van der Waals surface area contributed by atoms with Crippen molar-refractivity contribution in [2.45, 2.75) is 160 Å². The second kappa shape index (κ2) is 22.9. The van der Waals surface area contributed by atoms with Gasteiger partial charge in [0.2, 0.25) is 23.6 Å². The Labute approximate surface area is 374 Å². The van der Waals surface area contributed by atoms with Gasteiger partial charge in [-0.15, -0.1) is 0 Å². The van der Waals surface area contributed by atoms with Gasteiger partial charge >= 0.3 is 12.3 Å². The van der Waals surface area contributed by atoms with E-state index in [1.807, 2.05) is 0 Å². The maximum absolute atomic E-state index is 14.0. The number of aromatic nitrogens is 2. The number of ether oxygens (including phenoxy) is 2. The number of carbonyl (C=O) groups is 5. The number of fused-ring (bicyclic) bond motifs is 1. The van der Waals surface area contributed by atoms with Crippen LogP contribution in [0.2, 0.25) is 0 Å². The predicted octanol–water partition coefficient (Wildman–Crippen LogP) is 5.30. The molecule has 64 heavy (non-hydrogen) atoms. The van der Waals surface area contributed by atoms with Gasteiger partial charge in [-0.2, -0.15) is 13.2 Å². The Morgan fingerprint density at radius 1 is 0.891 bits per heavy atom. The van der Waals surface area contributed by atoms with Gasteiger partial charge in [0.1, 0.15) is 23.8 Å². The fraction of sp³-hybridized carbons (Fsp3) is 0.711. The number of rotatable bonds is 19. The zero-order chi connectivity index (χ0) is 46.6. The summed E-state index contributed by atoms with van der Waals surface area (Å²) >= 11 is 0. The number of halogens is 3. The smallest absolute Gasteiger partial charge is 0.416 e.